The van der Waals surface area contributed by atoms with Crippen LogP contribution in [0, 0.1) is 5.92 Å². The van der Waals surface area contributed by atoms with E-state index >= 15 is 0 Å². The molecule has 164 valence electrons. The van der Waals surface area contributed by atoms with Crippen molar-refractivity contribution < 1.29 is 19.1 Å². The molecule has 2 heterocycles. The summed E-state index contributed by atoms with van der Waals surface area (Å²) in [7, 11) is 1.72. The number of imide groups is 1. The van der Waals surface area contributed by atoms with Crippen molar-refractivity contribution in [1.29, 1.82) is 0 Å². The van der Waals surface area contributed by atoms with Crippen molar-refractivity contribution >= 4 is 17.8 Å². The number of aryl methyl sites for hydroxylation is 1. The molecule has 9 heteroatoms. The number of imidazole rings is 1. The number of ether oxygens (including phenoxy) is 1. The SMILES string of the molecule is Cn1ccnc1C1(CNC(=O)c2ccc(OCC3CCCCC3)cc2)NC(=O)NC1=O. The molecule has 1 unspecified atom stereocenters. The molecule has 4 rings (SSSR count). The highest BCUT2D eigenvalue weighted by atomic mass is 16.5. The highest BCUT2D eigenvalue weighted by molar-refractivity contribution is 6.07. The second-order valence-electron chi connectivity index (χ2n) is 8.20. The normalized spacial score (nSPS) is 21.5. The Morgan fingerprint density at radius 3 is 2.58 bits per heavy atom. The second kappa shape index (κ2) is 8.79. The minimum absolute atomic E-state index is 0.131. The van der Waals surface area contributed by atoms with Gasteiger partial charge in [0.15, 0.2) is 5.54 Å². The lowest BCUT2D eigenvalue weighted by Crippen LogP contribution is -2.54. The molecule has 2 aromatic rings. The van der Waals surface area contributed by atoms with Gasteiger partial charge in [0.05, 0.1) is 13.2 Å². The van der Waals surface area contributed by atoms with Gasteiger partial charge < -0.3 is 19.9 Å². The summed E-state index contributed by atoms with van der Waals surface area (Å²) in [6, 6.07) is 6.30. The Balaban J connectivity index is 1.38. The van der Waals surface area contributed by atoms with Crippen LogP contribution in [-0.2, 0) is 17.4 Å². The molecule has 31 heavy (non-hydrogen) atoms. The molecule has 1 atom stereocenters. The van der Waals surface area contributed by atoms with Gasteiger partial charge in [-0.05, 0) is 43.0 Å². The number of nitrogens with one attached hydrogen (secondary N) is 3. The third-order valence-corrected chi connectivity index (χ3v) is 5.99. The van der Waals surface area contributed by atoms with E-state index in [1.54, 1.807) is 42.1 Å². The molecule has 0 bridgehead atoms. The zero-order chi connectivity index (χ0) is 21.8. The minimum atomic E-state index is -1.46. The van der Waals surface area contributed by atoms with Gasteiger partial charge in [-0.1, -0.05) is 19.3 Å². The van der Waals surface area contributed by atoms with Crippen LogP contribution in [0.3, 0.4) is 0 Å². The van der Waals surface area contributed by atoms with E-state index in [0.29, 0.717) is 23.9 Å². The molecule has 4 amide bonds. The van der Waals surface area contributed by atoms with E-state index < -0.39 is 17.5 Å². The van der Waals surface area contributed by atoms with Crippen molar-refractivity contribution in [3.8, 4) is 5.75 Å². The maximum absolute atomic E-state index is 12.7. The second-order valence-corrected chi connectivity index (χ2v) is 8.20. The Hall–Kier alpha value is -3.36. The first kappa shape index (κ1) is 20.9. The summed E-state index contributed by atoms with van der Waals surface area (Å²) in [5, 5.41) is 7.57. The lowest BCUT2D eigenvalue weighted by atomic mass is 9.90. The molecule has 0 radical (unpaired) electrons. The van der Waals surface area contributed by atoms with Gasteiger partial charge in [-0.25, -0.2) is 9.78 Å². The van der Waals surface area contributed by atoms with E-state index in [1.165, 1.54) is 38.3 Å². The van der Waals surface area contributed by atoms with Crippen LogP contribution in [0.15, 0.2) is 36.7 Å². The molecule has 2 aliphatic rings. The Morgan fingerprint density at radius 2 is 1.97 bits per heavy atom. The van der Waals surface area contributed by atoms with E-state index in [4.69, 9.17) is 4.74 Å². The number of benzene rings is 1. The monoisotopic (exact) mass is 425 g/mol. The number of carbonyl (C=O) groups is 3. The number of nitrogens with zero attached hydrogens (tertiary/aromatic N) is 2. The summed E-state index contributed by atoms with van der Waals surface area (Å²) < 4.78 is 7.52. The lowest BCUT2D eigenvalue weighted by Gasteiger charge is -2.25. The molecule has 9 nitrogen and oxygen atoms in total. The first-order valence-corrected chi connectivity index (χ1v) is 10.6. The summed E-state index contributed by atoms with van der Waals surface area (Å²) in [4.78, 5) is 41.2. The van der Waals surface area contributed by atoms with Crippen LogP contribution in [0.4, 0.5) is 4.79 Å². The van der Waals surface area contributed by atoms with Gasteiger partial charge >= 0.3 is 6.03 Å². The summed E-state index contributed by atoms with van der Waals surface area (Å²) >= 11 is 0. The third kappa shape index (κ3) is 4.40. The van der Waals surface area contributed by atoms with Crippen LogP contribution in [0.1, 0.15) is 48.3 Å². The van der Waals surface area contributed by atoms with Gasteiger partial charge in [-0.3, -0.25) is 14.9 Å². The van der Waals surface area contributed by atoms with Crippen molar-refractivity contribution in [3.05, 3.63) is 48.0 Å². The van der Waals surface area contributed by atoms with Crippen LogP contribution >= 0.6 is 0 Å². The van der Waals surface area contributed by atoms with Crippen molar-refractivity contribution in [2.24, 2.45) is 13.0 Å². The molecule has 3 N–H and O–H groups in total. The quantitative estimate of drug-likeness (QED) is 0.586. The number of hydrogen-bond donors (Lipinski definition) is 3. The molecule has 1 aliphatic heterocycles. The van der Waals surface area contributed by atoms with Crippen LogP contribution in [0.25, 0.3) is 0 Å². The Bertz CT molecular complexity index is 965. The highest BCUT2D eigenvalue weighted by Gasteiger charge is 2.50. The smallest absolute Gasteiger partial charge is 0.322 e. The number of carbonyl (C=O) groups excluding carboxylic acids is 3. The van der Waals surface area contributed by atoms with Crippen molar-refractivity contribution in [2.45, 2.75) is 37.6 Å². The highest BCUT2D eigenvalue weighted by Crippen LogP contribution is 2.25. The van der Waals surface area contributed by atoms with E-state index in [-0.39, 0.29) is 12.5 Å². The summed E-state index contributed by atoms with van der Waals surface area (Å²) in [6.45, 7) is 0.570. The number of urea groups is 1. The van der Waals surface area contributed by atoms with Crippen molar-refractivity contribution in [3.63, 3.8) is 0 Å². The molecule has 1 aromatic carbocycles. The zero-order valence-electron chi connectivity index (χ0n) is 17.5. The minimum Gasteiger partial charge on any atom is -0.493 e. The topological polar surface area (TPSA) is 114 Å². The summed E-state index contributed by atoms with van der Waals surface area (Å²) in [5.74, 6) is 0.753. The van der Waals surface area contributed by atoms with Gasteiger partial charge in [-0.2, -0.15) is 0 Å². The van der Waals surface area contributed by atoms with E-state index in [1.807, 2.05) is 0 Å². The number of rotatable bonds is 7. The first-order chi connectivity index (χ1) is 15.0. The predicted molar refractivity (Wildman–Crippen MR) is 112 cm³/mol. The van der Waals surface area contributed by atoms with Crippen LogP contribution in [-0.4, -0.2) is 40.5 Å². The molecular weight excluding hydrogens is 398 g/mol. The van der Waals surface area contributed by atoms with Gasteiger partial charge in [-0.15, -0.1) is 0 Å². The van der Waals surface area contributed by atoms with Crippen molar-refractivity contribution in [2.75, 3.05) is 13.2 Å². The Kier molecular flexibility index (Phi) is 5.92. The molecule has 2 fully saturated rings. The van der Waals surface area contributed by atoms with E-state index in [9.17, 15) is 14.4 Å². The maximum atomic E-state index is 12.7. The third-order valence-electron chi connectivity index (χ3n) is 5.99. The molecule has 0 spiro atoms. The number of hydrogen-bond acceptors (Lipinski definition) is 5. The predicted octanol–water partition coefficient (Wildman–Crippen LogP) is 1.84. The fourth-order valence-electron chi connectivity index (χ4n) is 4.21. The van der Waals surface area contributed by atoms with Crippen molar-refractivity contribution in [1.82, 2.24) is 25.5 Å². The first-order valence-electron chi connectivity index (χ1n) is 10.6. The molecule has 1 aliphatic carbocycles. The summed E-state index contributed by atoms with van der Waals surface area (Å²) in [6.07, 6.45) is 9.47. The van der Waals surface area contributed by atoms with Gasteiger partial charge in [0.1, 0.15) is 11.6 Å². The average molecular weight is 425 g/mol. The average Bonchev–Trinajstić information content (AvgIpc) is 3.34. The molecule has 1 saturated heterocycles. The molecule has 1 saturated carbocycles. The van der Waals surface area contributed by atoms with Crippen LogP contribution in [0.2, 0.25) is 0 Å². The Labute approximate surface area is 180 Å². The van der Waals surface area contributed by atoms with Gasteiger partial charge in [0.2, 0.25) is 0 Å². The largest absolute Gasteiger partial charge is 0.493 e. The van der Waals surface area contributed by atoms with Gasteiger partial charge in [0, 0.05) is 25.0 Å². The lowest BCUT2D eigenvalue weighted by molar-refractivity contribution is -0.124. The number of aromatic nitrogens is 2. The van der Waals surface area contributed by atoms with Crippen LogP contribution < -0.4 is 20.7 Å². The number of amides is 4. The van der Waals surface area contributed by atoms with E-state index in [0.717, 1.165) is 5.75 Å². The molecule has 1 aromatic heterocycles. The summed E-state index contributed by atoms with van der Waals surface area (Å²) in [5.41, 5.74) is -1.03. The fourth-order valence-corrected chi connectivity index (χ4v) is 4.21. The van der Waals surface area contributed by atoms with E-state index in [2.05, 4.69) is 20.9 Å². The Morgan fingerprint density at radius 1 is 1.23 bits per heavy atom. The maximum Gasteiger partial charge on any atom is 0.322 e. The fraction of sp³-hybridized carbons (Fsp3) is 0.455. The van der Waals surface area contributed by atoms with Crippen LogP contribution in [0.5, 0.6) is 5.75 Å². The zero-order valence-corrected chi connectivity index (χ0v) is 17.5. The standard InChI is InChI=1S/C22H27N5O4/c1-27-12-11-23-19(27)22(20(29)25-21(30)26-22)14-24-18(28)16-7-9-17(10-8-16)31-13-15-5-3-2-4-6-15/h7-12,15H,2-6,13-14H2,1H3,(H,24,28)(H2,25,26,29,30). The molecular formula is C22H27N5O4. The van der Waals surface area contributed by atoms with Gasteiger partial charge in [0.25, 0.3) is 11.8 Å².